The second-order valence-electron chi connectivity index (χ2n) is 8.28. The van der Waals surface area contributed by atoms with Crippen molar-refractivity contribution in [3.05, 3.63) is 53.3 Å². The maximum Gasteiger partial charge on any atom is 0.522 e. The number of aryl methyl sites for hydroxylation is 1. The van der Waals surface area contributed by atoms with Crippen molar-refractivity contribution >= 4 is 17.5 Å². The third kappa shape index (κ3) is 8.52. The first-order valence-electron chi connectivity index (χ1n) is 11.3. The van der Waals surface area contributed by atoms with Crippen LogP contribution in [0.15, 0.2) is 36.7 Å². The second kappa shape index (κ2) is 12.0. The Morgan fingerprint density at radius 1 is 1.17 bits per heavy atom. The predicted molar refractivity (Wildman–Crippen MR) is 121 cm³/mol. The van der Waals surface area contributed by atoms with E-state index in [9.17, 15) is 27.9 Å². The van der Waals surface area contributed by atoms with Crippen molar-refractivity contribution in [3.8, 4) is 5.75 Å². The lowest BCUT2D eigenvalue weighted by Gasteiger charge is -2.18. The lowest BCUT2D eigenvalue weighted by molar-refractivity contribution is -0.325. The Bertz CT molecular complexity index is 1030. The smallest absolute Gasteiger partial charge is 0.492 e. The number of hydrogen-bond donors (Lipinski definition) is 3. The van der Waals surface area contributed by atoms with Gasteiger partial charge in [0, 0.05) is 17.4 Å². The minimum atomic E-state index is -4.79. The summed E-state index contributed by atoms with van der Waals surface area (Å²) in [5, 5.41) is 14.7. The Hall–Kier alpha value is -3.18. The standard InChI is InChI=1S/C24H28F3N3O5/c1-2-16-5-6-17(22(32)29-19(13-31)7-8-35-24(25,26)27)10-21(16)30-23(33)18-9-20(12-28-11-18)34-14-15-3-4-15/h5-6,9-12,15,19,31H,2-4,7-8,13-14H2,1H3,(H,29,32)(H,30,33)/t19-/m0/s1. The van der Waals surface area contributed by atoms with Crippen LogP contribution in [0.25, 0.3) is 0 Å². The van der Waals surface area contributed by atoms with Crippen LogP contribution in [0.2, 0.25) is 0 Å². The van der Waals surface area contributed by atoms with Crippen LogP contribution < -0.4 is 15.4 Å². The highest BCUT2D eigenvalue weighted by molar-refractivity contribution is 6.05. The Labute approximate surface area is 200 Å². The molecule has 1 aliphatic carbocycles. The van der Waals surface area contributed by atoms with E-state index >= 15 is 0 Å². The predicted octanol–water partition coefficient (Wildman–Crippen LogP) is 3.70. The van der Waals surface area contributed by atoms with Gasteiger partial charge in [0.15, 0.2) is 0 Å². The van der Waals surface area contributed by atoms with Crippen LogP contribution in [-0.2, 0) is 11.2 Å². The number of amides is 2. The highest BCUT2D eigenvalue weighted by Crippen LogP contribution is 2.29. The maximum absolute atomic E-state index is 12.8. The number of aliphatic hydroxyl groups is 1. The van der Waals surface area contributed by atoms with Gasteiger partial charge in [-0.3, -0.25) is 19.3 Å². The number of halogens is 3. The Balaban J connectivity index is 1.65. The zero-order valence-electron chi connectivity index (χ0n) is 19.2. The molecule has 1 saturated carbocycles. The molecule has 1 aromatic heterocycles. The lowest BCUT2D eigenvalue weighted by Crippen LogP contribution is -2.38. The molecule has 0 bridgehead atoms. The molecule has 1 heterocycles. The SMILES string of the molecule is CCc1ccc(C(=O)N[C@H](CO)CCOC(F)(F)F)cc1NC(=O)c1cncc(OCC2CC2)c1. The molecule has 0 aliphatic heterocycles. The van der Waals surface area contributed by atoms with Crippen LogP contribution in [0, 0.1) is 5.92 Å². The van der Waals surface area contributed by atoms with Crippen molar-refractivity contribution < 1.29 is 37.3 Å². The van der Waals surface area contributed by atoms with Crippen molar-refractivity contribution in [2.24, 2.45) is 5.92 Å². The number of aliphatic hydroxyl groups excluding tert-OH is 1. The molecule has 11 heteroatoms. The first-order valence-corrected chi connectivity index (χ1v) is 11.3. The summed E-state index contributed by atoms with van der Waals surface area (Å²) in [4.78, 5) is 29.5. The average molecular weight is 495 g/mol. The largest absolute Gasteiger partial charge is 0.522 e. The van der Waals surface area contributed by atoms with Gasteiger partial charge in [-0.15, -0.1) is 13.2 Å². The van der Waals surface area contributed by atoms with E-state index in [2.05, 4.69) is 20.4 Å². The van der Waals surface area contributed by atoms with Crippen LogP contribution in [-0.4, -0.2) is 54.1 Å². The number of ether oxygens (including phenoxy) is 2. The van der Waals surface area contributed by atoms with Gasteiger partial charge in [-0.1, -0.05) is 13.0 Å². The monoisotopic (exact) mass is 495 g/mol. The highest BCUT2D eigenvalue weighted by atomic mass is 19.4. The molecule has 3 N–H and O–H groups in total. The van der Waals surface area contributed by atoms with Gasteiger partial charge in [0.25, 0.3) is 11.8 Å². The molecular formula is C24H28F3N3O5. The number of alkyl halides is 3. The first kappa shape index (κ1) is 26.4. The van der Waals surface area contributed by atoms with E-state index in [1.807, 2.05) is 6.92 Å². The minimum absolute atomic E-state index is 0.173. The molecule has 0 saturated heterocycles. The fourth-order valence-electron chi connectivity index (χ4n) is 3.25. The van der Waals surface area contributed by atoms with Crippen molar-refractivity contribution in [2.45, 2.75) is 45.0 Å². The molecule has 8 nitrogen and oxygen atoms in total. The number of hydrogen-bond acceptors (Lipinski definition) is 6. The number of nitrogens with one attached hydrogen (secondary N) is 2. The number of carbonyl (C=O) groups is 2. The summed E-state index contributed by atoms with van der Waals surface area (Å²) in [6.07, 6.45) is 0.787. The number of pyridine rings is 1. The van der Waals surface area contributed by atoms with Gasteiger partial charge in [0.1, 0.15) is 5.75 Å². The number of carbonyl (C=O) groups excluding carboxylic acids is 2. The molecule has 1 atom stereocenters. The van der Waals surface area contributed by atoms with E-state index in [1.165, 1.54) is 12.3 Å². The van der Waals surface area contributed by atoms with Crippen molar-refractivity contribution in [2.75, 3.05) is 25.1 Å². The zero-order valence-corrected chi connectivity index (χ0v) is 19.2. The van der Waals surface area contributed by atoms with Crippen LogP contribution in [0.3, 0.4) is 0 Å². The Morgan fingerprint density at radius 2 is 1.94 bits per heavy atom. The van der Waals surface area contributed by atoms with Crippen molar-refractivity contribution in [3.63, 3.8) is 0 Å². The van der Waals surface area contributed by atoms with E-state index in [4.69, 9.17) is 4.74 Å². The van der Waals surface area contributed by atoms with E-state index in [1.54, 1.807) is 24.4 Å². The quantitative estimate of drug-likeness (QED) is 0.414. The van der Waals surface area contributed by atoms with E-state index in [-0.39, 0.29) is 12.0 Å². The maximum atomic E-state index is 12.8. The van der Waals surface area contributed by atoms with Crippen molar-refractivity contribution in [1.82, 2.24) is 10.3 Å². The molecule has 1 aromatic carbocycles. The summed E-state index contributed by atoms with van der Waals surface area (Å²) in [5.74, 6) is 0.0135. The molecule has 190 valence electrons. The van der Waals surface area contributed by atoms with Crippen LogP contribution in [0.4, 0.5) is 18.9 Å². The van der Waals surface area contributed by atoms with Gasteiger partial charge < -0.3 is 20.5 Å². The number of rotatable bonds is 12. The molecule has 2 amide bonds. The van der Waals surface area contributed by atoms with E-state index in [0.29, 0.717) is 35.9 Å². The molecule has 1 fully saturated rings. The second-order valence-corrected chi connectivity index (χ2v) is 8.28. The summed E-state index contributed by atoms with van der Waals surface area (Å²) in [7, 11) is 0. The Morgan fingerprint density at radius 3 is 2.60 bits per heavy atom. The molecule has 1 aliphatic rings. The molecule has 0 unspecified atom stereocenters. The number of nitrogens with zero attached hydrogens (tertiary/aromatic N) is 1. The summed E-state index contributed by atoms with van der Waals surface area (Å²) in [5.41, 5.74) is 1.66. The van der Waals surface area contributed by atoms with Crippen molar-refractivity contribution in [1.29, 1.82) is 0 Å². The molecule has 35 heavy (non-hydrogen) atoms. The molecule has 3 rings (SSSR count). The summed E-state index contributed by atoms with van der Waals surface area (Å²) in [6, 6.07) is 5.37. The fraction of sp³-hybridized carbons (Fsp3) is 0.458. The normalized spacial score (nSPS) is 14.3. The number of anilines is 1. The topological polar surface area (TPSA) is 110 Å². The fourth-order valence-corrected chi connectivity index (χ4v) is 3.25. The van der Waals surface area contributed by atoms with Gasteiger partial charge in [-0.2, -0.15) is 0 Å². The minimum Gasteiger partial charge on any atom is -0.492 e. The summed E-state index contributed by atoms with van der Waals surface area (Å²) < 4.78 is 45.8. The number of aromatic nitrogens is 1. The van der Waals surface area contributed by atoms with E-state index in [0.717, 1.165) is 18.4 Å². The highest BCUT2D eigenvalue weighted by Gasteiger charge is 2.29. The lowest BCUT2D eigenvalue weighted by atomic mass is 10.1. The van der Waals surface area contributed by atoms with Crippen LogP contribution >= 0.6 is 0 Å². The van der Waals surface area contributed by atoms with Crippen LogP contribution in [0.1, 0.15) is 52.5 Å². The molecule has 0 spiro atoms. The zero-order chi connectivity index (χ0) is 25.4. The van der Waals surface area contributed by atoms with E-state index < -0.39 is 37.4 Å². The number of benzene rings is 1. The summed E-state index contributed by atoms with van der Waals surface area (Å²) in [6.45, 7) is 1.21. The van der Waals surface area contributed by atoms with Gasteiger partial charge >= 0.3 is 6.36 Å². The third-order valence-corrected chi connectivity index (χ3v) is 5.45. The van der Waals surface area contributed by atoms with Gasteiger partial charge in [-0.05, 0) is 55.4 Å². The molecule has 2 aromatic rings. The average Bonchev–Trinajstić information content (AvgIpc) is 3.66. The Kier molecular flexibility index (Phi) is 9.05. The third-order valence-electron chi connectivity index (χ3n) is 5.45. The molecular weight excluding hydrogens is 467 g/mol. The summed E-state index contributed by atoms with van der Waals surface area (Å²) >= 11 is 0. The first-order chi connectivity index (χ1) is 16.7. The van der Waals surface area contributed by atoms with Gasteiger partial charge in [-0.25, -0.2) is 0 Å². The van der Waals surface area contributed by atoms with Gasteiger partial charge in [0.2, 0.25) is 0 Å². The van der Waals surface area contributed by atoms with Gasteiger partial charge in [0.05, 0.1) is 37.6 Å². The van der Waals surface area contributed by atoms with Crippen LogP contribution in [0.5, 0.6) is 5.75 Å². The molecule has 0 radical (unpaired) electrons.